The summed E-state index contributed by atoms with van der Waals surface area (Å²) >= 11 is 0. The summed E-state index contributed by atoms with van der Waals surface area (Å²) in [6, 6.07) is 5.80. The summed E-state index contributed by atoms with van der Waals surface area (Å²) in [6.07, 6.45) is 0.938. The molecule has 0 fully saturated rings. The summed E-state index contributed by atoms with van der Waals surface area (Å²) in [6.45, 7) is 1.80. The molecular weight excluding hydrogens is 288 g/mol. The van der Waals surface area contributed by atoms with Crippen LogP contribution in [-0.2, 0) is 13.5 Å². The van der Waals surface area contributed by atoms with Gasteiger partial charge in [-0.15, -0.1) is 0 Å². The Hall–Kier alpha value is -2.96. The maximum atomic E-state index is 11.4. The Morgan fingerprint density at radius 3 is 2.36 bits per heavy atom. The number of carbonyl (C=O) groups is 2. The fraction of sp³-hybridized carbons (Fsp3) is 0.200. The van der Waals surface area contributed by atoms with Crippen LogP contribution >= 0.6 is 0 Å². The molecule has 1 aromatic heterocycles. The van der Waals surface area contributed by atoms with Crippen LogP contribution in [0.15, 0.2) is 24.3 Å². The summed E-state index contributed by atoms with van der Waals surface area (Å²) in [5.74, 6) is -1.16. The standard InChI is InChI=1S/C15H14N2O5/c1-3-11-13(15(19)20)12(8-18)16(2)14(11)9-4-6-10(7-5-9)17(21)22/h4-8H,3H2,1-2H3,(H,19,20). The molecule has 114 valence electrons. The quantitative estimate of drug-likeness (QED) is 0.519. The van der Waals surface area contributed by atoms with Gasteiger partial charge in [-0.3, -0.25) is 14.9 Å². The van der Waals surface area contributed by atoms with Crippen LogP contribution in [0.5, 0.6) is 0 Å². The first-order chi connectivity index (χ1) is 10.4. The van der Waals surface area contributed by atoms with Gasteiger partial charge in [-0.2, -0.15) is 0 Å². The number of carbonyl (C=O) groups excluding carboxylic acids is 1. The minimum Gasteiger partial charge on any atom is -0.478 e. The number of aromatic carboxylic acids is 1. The van der Waals surface area contributed by atoms with E-state index < -0.39 is 10.9 Å². The Morgan fingerprint density at radius 1 is 1.36 bits per heavy atom. The van der Waals surface area contributed by atoms with Gasteiger partial charge in [-0.1, -0.05) is 6.92 Å². The number of hydrogen-bond acceptors (Lipinski definition) is 4. The molecule has 1 aromatic carbocycles. The normalized spacial score (nSPS) is 10.5. The summed E-state index contributed by atoms with van der Waals surface area (Å²) < 4.78 is 1.51. The third-order valence-electron chi connectivity index (χ3n) is 3.57. The molecule has 2 rings (SSSR count). The number of nitro groups is 1. The number of non-ortho nitro benzene ring substituents is 1. The predicted molar refractivity (Wildman–Crippen MR) is 79.2 cm³/mol. The number of nitro benzene ring substituents is 1. The molecule has 7 nitrogen and oxygen atoms in total. The number of aldehydes is 1. The van der Waals surface area contributed by atoms with Gasteiger partial charge in [-0.05, 0) is 29.7 Å². The third-order valence-corrected chi connectivity index (χ3v) is 3.57. The maximum Gasteiger partial charge on any atom is 0.338 e. The monoisotopic (exact) mass is 302 g/mol. The highest BCUT2D eigenvalue weighted by atomic mass is 16.6. The molecule has 0 saturated heterocycles. The van der Waals surface area contributed by atoms with Gasteiger partial charge in [-0.25, -0.2) is 4.79 Å². The molecule has 0 aliphatic rings. The number of carboxylic acid groups (broad SMARTS) is 1. The van der Waals surface area contributed by atoms with E-state index in [9.17, 15) is 24.8 Å². The van der Waals surface area contributed by atoms with Gasteiger partial charge in [0.15, 0.2) is 6.29 Å². The first kappa shape index (κ1) is 15.4. The number of carboxylic acids is 1. The number of rotatable bonds is 5. The van der Waals surface area contributed by atoms with Crippen molar-refractivity contribution in [2.45, 2.75) is 13.3 Å². The fourth-order valence-electron chi connectivity index (χ4n) is 2.59. The van der Waals surface area contributed by atoms with Crippen LogP contribution in [0.4, 0.5) is 5.69 Å². The van der Waals surface area contributed by atoms with Gasteiger partial charge in [0, 0.05) is 19.2 Å². The predicted octanol–water partition coefficient (Wildman–Crippen LogP) is 2.67. The minimum absolute atomic E-state index is 0.0200. The van der Waals surface area contributed by atoms with Gasteiger partial charge in [0.25, 0.3) is 5.69 Å². The third kappa shape index (κ3) is 2.37. The van der Waals surface area contributed by atoms with Gasteiger partial charge in [0.05, 0.1) is 21.9 Å². The van der Waals surface area contributed by atoms with Crippen LogP contribution < -0.4 is 0 Å². The van der Waals surface area contributed by atoms with E-state index in [1.54, 1.807) is 26.1 Å². The van der Waals surface area contributed by atoms with Crippen LogP contribution in [-0.4, -0.2) is 26.9 Å². The van der Waals surface area contributed by atoms with E-state index in [4.69, 9.17) is 0 Å². The minimum atomic E-state index is -1.16. The lowest BCUT2D eigenvalue weighted by molar-refractivity contribution is -0.384. The molecular formula is C15H14N2O5. The van der Waals surface area contributed by atoms with Crippen LogP contribution in [0.1, 0.15) is 33.3 Å². The van der Waals surface area contributed by atoms with E-state index >= 15 is 0 Å². The maximum absolute atomic E-state index is 11.4. The Morgan fingerprint density at radius 2 is 1.95 bits per heavy atom. The average molecular weight is 302 g/mol. The van der Waals surface area contributed by atoms with Gasteiger partial charge in [0.2, 0.25) is 0 Å². The molecule has 0 aliphatic carbocycles. The van der Waals surface area contributed by atoms with Crippen molar-refractivity contribution in [3.8, 4) is 11.3 Å². The van der Waals surface area contributed by atoms with Crippen LogP contribution in [0, 0.1) is 10.1 Å². The molecule has 0 radical (unpaired) electrons. The number of aromatic nitrogens is 1. The van der Waals surface area contributed by atoms with Crippen LogP contribution in [0.3, 0.4) is 0 Å². The van der Waals surface area contributed by atoms with Crippen molar-refractivity contribution in [1.29, 1.82) is 0 Å². The first-order valence-corrected chi connectivity index (χ1v) is 6.57. The molecule has 1 heterocycles. The molecule has 0 aliphatic heterocycles. The van der Waals surface area contributed by atoms with Gasteiger partial charge >= 0.3 is 5.97 Å². The van der Waals surface area contributed by atoms with E-state index in [2.05, 4.69) is 0 Å². The zero-order chi connectivity index (χ0) is 16.4. The molecule has 0 spiro atoms. The highest BCUT2D eigenvalue weighted by Gasteiger charge is 2.25. The van der Waals surface area contributed by atoms with Crippen molar-refractivity contribution in [2.75, 3.05) is 0 Å². The van der Waals surface area contributed by atoms with Crippen molar-refractivity contribution in [1.82, 2.24) is 4.57 Å². The second-order valence-electron chi connectivity index (χ2n) is 4.73. The van der Waals surface area contributed by atoms with E-state index in [1.807, 2.05) is 0 Å². The van der Waals surface area contributed by atoms with Crippen LogP contribution in [0.2, 0.25) is 0 Å². The highest BCUT2D eigenvalue weighted by molar-refractivity contribution is 6.00. The SMILES string of the molecule is CCc1c(C(=O)O)c(C=O)n(C)c1-c1ccc([N+](=O)[O-])cc1. The molecule has 22 heavy (non-hydrogen) atoms. The van der Waals surface area contributed by atoms with E-state index in [0.717, 1.165) is 0 Å². The smallest absolute Gasteiger partial charge is 0.338 e. The van der Waals surface area contributed by atoms with E-state index in [1.165, 1.54) is 16.7 Å². The molecule has 0 amide bonds. The molecule has 0 bridgehead atoms. The van der Waals surface area contributed by atoms with Crippen molar-refractivity contribution in [3.63, 3.8) is 0 Å². The molecule has 1 N–H and O–H groups in total. The number of nitrogens with zero attached hydrogens (tertiary/aromatic N) is 2. The summed E-state index contributed by atoms with van der Waals surface area (Å²) in [4.78, 5) is 32.9. The van der Waals surface area contributed by atoms with Crippen molar-refractivity contribution in [2.24, 2.45) is 7.05 Å². The Bertz CT molecular complexity index is 759. The van der Waals surface area contributed by atoms with Gasteiger partial charge < -0.3 is 9.67 Å². The average Bonchev–Trinajstić information content (AvgIpc) is 2.79. The Labute approximate surface area is 126 Å². The Kier molecular flexibility index (Phi) is 4.07. The number of benzene rings is 1. The van der Waals surface area contributed by atoms with Crippen molar-refractivity contribution < 1.29 is 19.6 Å². The number of hydrogen-bond donors (Lipinski definition) is 1. The summed E-state index contributed by atoms with van der Waals surface area (Å²) in [5, 5.41) is 20.1. The second-order valence-corrected chi connectivity index (χ2v) is 4.73. The molecule has 2 aromatic rings. The fourth-order valence-corrected chi connectivity index (χ4v) is 2.59. The zero-order valence-corrected chi connectivity index (χ0v) is 12.1. The Balaban J connectivity index is 2.71. The lowest BCUT2D eigenvalue weighted by Crippen LogP contribution is -2.04. The van der Waals surface area contributed by atoms with Crippen molar-refractivity contribution in [3.05, 3.63) is 51.2 Å². The molecule has 0 unspecified atom stereocenters. The van der Waals surface area contributed by atoms with Gasteiger partial charge in [0.1, 0.15) is 0 Å². The molecule has 0 saturated carbocycles. The second kappa shape index (κ2) is 5.80. The van der Waals surface area contributed by atoms with Crippen LogP contribution in [0.25, 0.3) is 11.3 Å². The lowest BCUT2D eigenvalue weighted by Gasteiger charge is -2.07. The topological polar surface area (TPSA) is 102 Å². The largest absolute Gasteiger partial charge is 0.478 e. The highest BCUT2D eigenvalue weighted by Crippen LogP contribution is 2.32. The molecule has 7 heteroatoms. The van der Waals surface area contributed by atoms with Crippen molar-refractivity contribution >= 4 is 17.9 Å². The summed E-state index contributed by atoms with van der Waals surface area (Å²) in [5.41, 5.74) is 1.75. The molecule has 0 atom stereocenters. The summed E-state index contributed by atoms with van der Waals surface area (Å²) in [7, 11) is 1.60. The van der Waals surface area contributed by atoms with E-state index in [0.29, 0.717) is 29.5 Å². The van der Waals surface area contributed by atoms with E-state index in [-0.39, 0.29) is 16.9 Å². The first-order valence-electron chi connectivity index (χ1n) is 6.57. The zero-order valence-electron chi connectivity index (χ0n) is 12.1. The lowest BCUT2D eigenvalue weighted by atomic mass is 10.0.